The monoisotopic (exact) mass is 381 g/mol. The standard InChI is InChI=1S/C19H19N5O2S/c1-2-6-16-14(4-1)20-18(27-16)13-24-9-7-23(8-10-24)12-17-21-22-19(26-17)15-5-3-11-25-15/h1-6,11H,7-10,12-13H2. The maximum absolute atomic E-state index is 5.71. The smallest absolute Gasteiger partial charge is 0.283 e. The Kier molecular flexibility index (Phi) is 4.44. The molecular weight excluding hydrogens is 362 g/mol. The molecule has 8 heteroatoms. The molecule has 0 aliphatic carbocycles. The van der Waals surface area contributed by atoms with Gasteiger partial charge in [0.05, 0.1) is 29.6 Å². The molecule has 138 valence electrons. The van der Waals surface area contributed by atoms with Crippen molar-refractivity contribution in [2.75, 3.05) is 26.2 Å². The molecule has 4 aromatic rings. The fourth-order valence-corrected chi connectivity index (χ4v) is 4.30. The van der Waals surface area contributed by atoms with E-state index in [1.807, 2.05) is 18.2 Å². The van der Waals surface area contributed by atoms with Crippen LogP contribution in [0.4, 0.5) is 0 Å². The number of fused-ring (bicyclic) bond motifs is 1. The first-order valence-corrected chi connectivity index (χ1v) is 9.80. The Hall–Kier alpha value is -2.55. The molecule has 1 saturated heterocycles. The van der Waals surface area contributed by atoms with Crippen molar-refractivity contribution in [3.8, 4) is 11.7 Å². The number of nitrogens with zero attached hydrogens (tertiary/aromatic N) is 5. The van der Waals surface area contributed by atoms with Gasteiger partial charge in [-0.05, 0) is 24.3 Å². The van der Waals surface area contributed by atoms with Crippen LogP contribution < -0.4 is 0 Å². The van der Waals surface area contributed by atoms with E-state index in [1.165, 1.54) is 9.71 Å². The van der Waals surface area contributed by atoms with Crippen molar-refractivity contribution in [1.29, 1.82) is 0 Å². The van der Waals surface area contributed by atoms with Crippen LogP contribution in [0.5, 0.6) is 0 Å². The first-order valence-electron chi connectivity index (χ1n) is 8.99. The summed E-state index contributed by atoms with van der Waals surface area (Å²) < 4.78 is 12.3. The van der Waals surface area contributed by atoms with Gasteiger partial charge in [0, 0.05) is 26.2 Å². The number of aromatic nitrogens is 3. The maximum atomic E-state index is 5.71. The van der Waals surface area contributed by atoms with Crippen LogP contribution in [-0.4, -0.2) is 51.2 Å². The summed E-state index contributed by atoms with van der Waals surface area (Å²) in [5.41, 5.74) is 1.10. The highest BCUT2D eigenvalue weighted by atomic mass is 32.1. The van der Waals surface area contributed by atoms with Gasteiger partial charge < -0.3 is 8.83 Å². The van der Waals surface area contributed by atoms with E-state index in [0.29, 0.717) is 24.1 Å². The summed E-state index contributed by atoms with van der Waals surface area (Å²) in [5, 5.41) is 9.38. The first kappa shape index (κ1) is 16.6. The number of hydrogen-bond donors (Lipinski definition) is 0. The molecule has 1 aliphatic rings. The highest BCUT2D eigenvalue weighted by molar-refractivity contribution is 7.18. The van der Waals surface area contributed by atoms with Gasteiger partial charge in [-0.2, -0.15) is 0 Å². The number of benzene rings is 1. The van der Waals surface area contributed by atoms with Gasteiger partial charge in [0.25, 0.3) is 5.89 Å². The fourth-order valence-electron chi connectivity index (χ4n) is 3.29. The van der Waals surface area contributed by atoms with Crippen molar-refractivity contribution in [2.24, 2.45) is 0 Å². The fraction of sp³-hybridized carbons (Fsp3) is 0.316. The Morgan fingerprint density at radius 2 is 1.74 bits per heavy atom. The molecule has 5 rings (SSSR count). The lowest BCUT2D eigenvalue weighted by molar-refractivity contribution is 0.114. The van der Waals surface area contributed by atoms with E-state index in [1.54, 1.807) is 17.6 Å². The van der Waals surface area contributed by atoms with Crippen LogP contribution in [-0.2, 0) is 13.1 Å². The summed E-state index contributed by atoms with van der Waals surface area (Å²) in [7, 11) is 0. The van der Waals surface area contributed by atoms with Crippen molar-refractivity contribution in [3.63, 3.8) is 0 Å². The molecule has 0 atom stereocenters. The molecule has 1 fully saturated rings. The number of thiazole rings is 1. The Labute approximate surface area is 160 Å². The van der Waals surface area contributed by atoms with Crippen molar-refractivity contribution in [1.82, 2.24) is 25.0 Å². The molecule has 0 amide bonds. The number of rotatable bonds is 5. The number of para-hydroxylation sites is 1. The summed E-state index contributed by atoms with van der Waals surface area (Å²) in [6.07, 6.45) is 1.60. The van der Waals surface area contributed by atoms with Crippen LogP contribution in [0.1, 0.15) is 10.9 Å². The third kappa shape index (κ3) is 3.64. The molecule has 0 bridgehead atoms. The minimum Gasteiger partial charge on any atom is -0.459 e. The highest BCUT2D eigenvalue weighted by Crippen LogP contribution is 2.23. The lowest BCUT2D eigenvalue weighted by Crippen LogP contribution is -2.45. The highest BCUT2D eigenvalue weighted by Gasteiger charge is 2.20. The molecule has 0 spiro atoms. The lowest BCUT2D eigenvalue weighted by atomic mass is 10.3. The zero-order valence-corrected chi connectivity index (χ0v) is 15.6. The van der Waals surface area contributed by atoms with Crippen LogP contribution in [0.15, 0.2) is 51.5 Å². The lowest BCUT2D eigenvalue weighted by Gasteiger charge is -2.33. The number of hydrogen-bond acceptors (Lipinski definition) is 8. The molecule has 7 nitrogen and oxygen atoms in total. The van der Waals surface area contributed by atoms with Crippen molar-refractivity contribution in [3.05, 3.63) is 53.6 Å². The van der Waals surface area contributed by atoms with Crippen LogP contribution >= 0.6 is 11.3 Å². The number of piperazine rings is 1. The maximum Gasteiger partial charge on any atom is 0.283 e. The Bertz CT molecular complexity index is 985. The van der Waals surface area contributed by atoms with E-state index in [2.05, 4.69) is 38.2 Å². The molecule has 0 radical (unpaired) electrons. The molecule has 1 aliphatic heterocycles. The van der Waals surface area contributed by atoms with Crippen molar-refractivity contribution < 1.29 is 8.83 Å². The minimum atomic E-state index is 0.435. The zero-order valence-electron chi connectivity index (χ0n) is 14.7. The van der Waals surface area contributed by atoms with Crippen molar-refractivity contribution >= 4 is 21.6 Å². The van der Waals surface area contributed by atoms with E-state index in [0.717, 1.165) is 38.2 Å². The van der Waals surface area contributed by atoms with E-state index in [9.17, 15) is 0 Å². The Morgan fingerprint density at radius 1 is 0.926 bits per heavy atom. The summed E-state index contributed by atoms with van der Waals surface area (Å²) in [6, 6.07) is 11.9. The molecule has 27 heavy (non-hydrogen) atoms. The van der Waals surface area contributed by atoms with Gasteiger partial charge in [-0.1, -0.05) is 12.1 Å². The largest absolute Gasteiger partial charge is 0.459 e. The van der Waals surface area contributed by atoms with Gasteiger partial charge in [0.2, 0.25) is 5.89 Å². The molecule has 3 aromatic heterocycles. The van der Waals surface area contributed by atoms with E-state index in [-0.39, 0.29) is 0 Å². The minimum absolute atomic E-state index is 0.435. The van der Waals surface area contributed by atoms with E-state index < -0.39 is 0 Å². The van der Waals surface area contributed by atoms with Crippen LogP contribution in [0.2, 0.25) is 0 Å². The van der Waals surface area contributed by atoms with Crippen molar-refractivity contribution in [2.45, 2.75) is 13.1 Å². The molecule has 0 N–H and O–H groups in total. The second-order valence-corrected chi connectivity index (χ2v) is 7.72. The summed E-state index contributed by atoms with van der Waals surface area (Å²) in [6.45, 7) is 5.55. The first-order chi connectivity index (χ1) is 13.3. The second-order valence-electron chi connectivity index (χ2n) is 6.61. The topological polar surface area (TPSA) is 71.4 Å². The molecule has 1 aromatic carbocycles. The second kappa shape index (κ2) is 7.22. The predicted octanol–water partition coefficient (Wildman–Crippen LogP) is 3.26. The van der Waals surface area contributed by atoms with Crippen LogP contribution in [0.3, 0.4) is 0 Å². The quantitative estimate of drug-likeness (QED) is 0.525. The van der Waals surface area contributed by atoms with Crippen LogP contribution in [0, 0.1) is 0 Å². The van der Waals surface area contributed by atoms with Gasteiger partial charge in [0.15, 0.2) is 5.76 Å². The van der Waals surface area contributed by atoms with Gasteiger partial charge in [-0.25, -0.2) is 4.98 Å². The summed E-state index contributed by atoms with van der Waals surface area (Å²) in [4.78, 5) is 9.54. The van der Waals surface area contributed by atoms with E-state index >= 15 is 0 Å². The Morgan fingerprint density at radius 3 is 2.52 bits per heavy atom. The molecular formula is C19H19N5O2S. The van der Waals surface area contributed by atoms with Gasteiger partial charge in [-0.15, -0.1) is 21.5 Å². The average molecular weight is 381 g/mol. The third-order valence-corrected chi connectivity index (χ3v) is 5.74. The summed E-state index contributed by atoms with van der Waals surface area (Å²) >= 11 is 1.79. The van der Waals surface area contributed by atoms with E-state index in [4.69, 9.17) is 13.8 Å². The zero-order chi connectivity index (χ0) is 18.1. The molecule has 0 saturated carbocycles. The normalized spacial score (nSPS) is 16.3. The van der Waals surface area contributed by atoms with Gasteiger partial charge >= 0.3 is 0 Å². The molecule has 4 heterocycles. The Balaban J connectivity index is 1.16. The average Bonchev–Trinajstić information content (AvgIpc) is 3.43. The van der Waals surface area contributed by atoms with Crippen LogP contribution in [0.25, 0.3) is 21.9 Å². The summed E-state index contributed by atoms with van der Waals surface area (Å²) in [5.74, 6) is 1.67. The third-order valence-electron chi connectivity index (χ3n) is 4.72. The number of furan rings is 1. The van der Waals surface area contributed by atoms with Gasteiger partial charge in [-0.3, -0.25) is 9.80 Å². The predicted molar refractivity (Wildman–Crippen MR) is 102 cm³/mol. The van der Waals surface area contributed by atoms with Gasteiger partial charge in [0.1, 0.15) is 5.01 Å². The SMILES string of the molecule is c1coc(-c2nnc(CN3CCN(Cc4nc5ccccc5s4)CC3)o2)c1. The molecule has 0 unspecified atom stereocenters.